The lowest BCUT2D eigenvalue weighted by molar-refractivity contribution is -0.384. The van der Waals surface area contributed by atoms with Gasteiger partial charge in [-0.05, 0) is 30.0 Å². The molecule has 0 aliphatic rings. The number of carbonyl (C=O) groups excluding carboxylic acids is 1. The summed E-state index contributed by atoms with van der Waals surface area (Å²) in [6, 6.07) is 12.0. The highest BCUT2D eigenvalue weighted by Crippen LogP contribution is 2.23. The fourth-order valence-electron chi connectivity index (χ4n) is 2.38. The van der Waals surface area contributed by atoms with Crippen LogP contribution in [0.2, 0.25) is 0 Å². The summed E-state index contributed by atoms with van der Waals surface area (Å²) in [6.07, 6.45) is 0. The number of thioether (sulfide) groups is 1. The van der Waals surface area contributed by atoms with Gasteiger partial charge >= 0.3 is 0 Å². The first-order chi connectivity index (χ1) is 12.0. The minimum absolute atomic E-state index is 0.0246. The summed E-state index contributed by atoms with van der Waals surface area (Å²) >= 11 is 2.92. The Hall–Kier alpha value is -2.45. The van der Waals surface area contributed by atoms with Gasteiger partial charge < -0.3 is 4.57 Å². The molecule has 1 heterocycles. The number of fused-ring (bicyclic) bond motifs is 1. The molecule has 0 N–H and O–H groups in total. The van der Waals surface area contributed by atoms with Crippen LogP contribution >= 0.6 is 23.1 Å². The zero-order valence-electron chi connectivity index (χ0n) is 13.6. The maximum atomic E-state index is 12.5. The van der Waals surface area contributed by atoms with E-state index in [1.807, 2.05) is 18.2 Å². The lowest BCUT2D eigenvalue weighted by atomic mass is 10.2. The molecule has 25 heavy (non-hydrogen) atoms. The molecule has 0 spiro atoms. The van der Waals surface area contributed by atoms with Crippen LogP contribution in [0.4, 0.5) is 5.69 Å². The number of nitro benzene ring substituents is 1. The van der Waals surface area contributed by atoms with Crippen molar-refractivity contribution in [3.63, 3.8) is 0 Å². The highest BCUT2D eigenvalue weighted by Gasteiger charge is 2.11. The zero-order chi connectivity index (χ0) is 18.0. The largest absolute Gasteiger partial charge is 0.319 e. The highest BCUT2D eigenvalue weighted by atomic mass is 32.2. The van der Waals surface area contributed by atoms with Crippen molar-refractivity contribution in [3.05, 3.63) is 62.9 Å². The van der Waals surface area contributed by atoms with Gasteiger partial charge in [0, 0.05) is 29.6 Å². The van der Waals surface area contributed by atoms with E-state index >= 15 is 0 Å². The van der Waals surface area contributed by atoms with E-state index in [9.17, 15) is 14.9 Å². The van der Waals surface area contributed by atoms with Crippen molar-refractivity contribution in [2.75, 3.05) is 5.75 Å². The fourth-order valence-corrected chi connectivity index (χ4v) is 4.15. The maximum Gasteiger partial charge on any atom is 0.279 e. The van der Waals surface area contributed by atoms with Crippen LogP contribution in [0.5, 0.6) is 0 Å². The third-order valence-corrected chi connectivity index (χ3v) is 5.56. The topological polar surface area (TPSA) is 77.5 Å². The normalized spacial score (nSPS) is 11.8. The van der Waals surface area contributed by atoms with Crippen LogP contribution in [0.15, 0.2) is 52.4 Å². The van der Waals surface area contributed by atoms with Gasteiger partial charge in [0.1, 0.15) is 0 Å². The maximum absolute atomic E-state index is 12.5. The van der Waals surface area contributed by atoms with E-state index in [1.165, 1.54) is 23.5 Å². The Morgan fingerprint density at radius 2 is 2.12 bits per heavy atom. The van der Waals surface area contributed by atoms with Crippen molar-refractivity contribution in [3.8, 4) is 0 Å². The molecule has 0 bridgehead atoms. The minimum atomic E-state index is -0.433. The third-order valence-electron chi connectivity index (χ3n) is 3.59. The summed E-state index contributed by atoms with van der Waals surface area (Å²) in [5.74, 6) is 0.606. The first-order valence-corrected chi connectivity index (χ1v) is 9.35. The molecule has 0 aliphatic carbocycles. The fraction of sp³-hybridized carbons (Fsp3) is 0.176. The Labute approximate surface area is 152 Å². The number of amides is 1. The number of aromatic nitrogens is 1. The van der Waals surface area contributed by atoms with Crippen molar-refractivity contribution >= 4 is 44.9 Å². The van der Waals surface area contributed by atoms with E-state index in [2.05, 4.69) is 11.9 Å². The smallest absolute Gasteiger partial charge is 0.279 e. The number of benzene rings is 2. The van der Waals surface area contributed by atoms with Crippen molar-refractivity contribution in [2.24, 2.45) is 12.0 Å². The van der Waals surface area contributed by atoms with Crippen molar-refractivity contribution < 1.29 is 9.72 Å². The summed E-state index contributed by atoms with van der Waals surface area (Å²) in [7, 11) is 1.79. The second-order valence-electron chi connectivity index (χ2n) is 5.23. The number of thiazole rings is 1. The lowest BCUT2D eigenvalue weighted by Crippen LogP contribution is -2.13. The Morgan fingerprint density at radius 1 is 1.32 bits per heavy atom. The summed E-state index contributed by atoms with van der Waals surface area (Å²) < 4.78 is 2.49. The molecule has 1 aromatic heterocycles. The van der Waals surface area contributed by atoms with Gasteiger partial charge in [0.25, 0.3) is 11.6 Å². The summed E-state index contributed by atoms with van der Waals surface area (Å²) in [5.41, 5.74) is 1.36. The molecular weight excluding hydrogens is 358 g/mol. The number of hydrogen-bond acceptors (Lipinski definition) is 5. The quantitative estimate of drug-likeness (QED) is 0.393. The van der Waals surface area contributed by atoms with E-state index in [4.69, 9.17) is 0 Å². The highest BCUT2D eigenvalue weighted by molar-refractivity contribution is 7.99. The van der Waals surface area contributed by atoms with Crippen LogP contribution < -0.4 is 4.80 Å². The van der Waals surface area contributed by atoms with Crippen LogP contribution in [0.3, 0.4) is 0 Å². The Kier molecular flexibility index (Phi) is 5.00. The number of hydrogen-bond donors (Lipinski definition) is 0. The standard InChI is InChI=1S/C17H15N3O3S2/c1-3-24-13-6-4-5-11(9-13)16(21)18-17-19(2)14-8-7-12(20(22)23)10-15(14)25-17/h4-10H,3H2,1-2H3. The summed E-state index contributed by atoms with van der Waals surface area (Å²) in [6.45, 7) is 2.06. The van der Waals surface area contributed by atoms with Gasteiger partial charge in [-0.15, -0.1) is 11.8 Å². The van der Waals surface area contributed by atoms with E-state index in [0.29, 0.717) is 10.4 Å². The van der Waals surface area contributed by atoms with E-state index in [-0.39, 0.29) is 11.6 Å². The molecule has 0 saturated heterocycles. The van der Waals surface area contributed by atoms with E-state index in [1.54, 1.807) is 35.5 Å². The Balaban J connectivity index is 2.03. The van der Waals surface area contributed by atoms with Gasteiger partial charge in [0.2, 0.25) is 0 Å². The third kappa shape index (κ3) is 3.64. The molecule has 3 rings (SSSR count). The first-order valence-electron chi connectivity index (χ1n) is 7.55. The van der Waals surface area contributed by atoms with Gasteiger partial charge in [-0.25, -0.2) is 0 Å². The SMILES string of the molecule is CCSc1cccc(C(=O)N=c2sc3cc([N+](=O)[O-])ccc3n2C)c1. The van der Waals surface area contributed by atoms with Crippen LogP contribution in [-0.2, 0) is 7.05 Å². The van der Waals surface area contributed by atoms with Crippen molar-refractivity contribution in [1.29, 1.82) is 0 Å². The minimum Gasteiger partial charge on any atom is -0.319 e. The predicted octanol–water partition coefficient (Wildman–Crippen LogP) is 4.00. The van der Waals surface area contributed by atoms with Crippen LogP contribution in [0, 0.1) is 10.1 Å². The van der Waals surface area contributed by atoms with Crippen molar-refractivity contribution in [2.45, 2.75) is 11.8 Å². The molecule has 0 atom stereocenters. The Bertz CT molecular complexity index is 1040. The number of rotatable bonds is 4. The van der Waals surface area contributed by atoms with Gasteiger partial charge in [0.15, 0.2) is 4.80 Å². The molecule has 128 valence electrons. The van der Waals surface area contributed by atoms with Gasteiger partial charge in [0.05, 0.1) is 15.1 Å². The van der Waals surface area contributed by atoms with Gasteiger partial charge in [-0.3, -0.25) is 14.9 Å². The lowest BCUT2D eigenvalue weighted by Gasteiger charge is -2.00. The van der Waals surface area contributed by atoms with Crippen LogP contribution in [0.25, 0.3) is 10.2 Å². The number of non-ortho nitro benzene ring substituents is 1. The molecule has 0 unspecified atom stereocenters. The number of aryl methyl sites for hydroxylation is 1. The van der Waals surface area contributed by atoms with Gasteiger partial charge in [-0.2, -0.15) is 4.99 Å². The predicted molar refractivity (Wildman–Crippen MR) is 100 cm³/mol. The van der Waals surface area contributed by atoms with Crippen LogP contribution in [0.1, 0.15) is 17.3 Å². The molecule has 6 nitrogen and oxygen atoms in total. The second-order valence-corrected chi connectivity index (χ2v) is 7.58. The number of nitrogens with zero attached hydrogens (tertiary/aromatic N) is 3. The molecule has 1 amide bonds. The molecule has 0 fully saturated rings. The summed E-state index contributed by atoms with van der Waals surface area (Å²) in [5, 5.41) is 10.9. The Morgan fingerprint density at radius 3 is 2.84 bits per heavy atom. The molecule has 3 aromatic rings. The van der Waals surface area contributed by atoms with E-state index in [0.717, 1.165) is 20.9 Å². The number of carbonyl (C=O) groups is 1. The molecule has 2 aromatic carbocycles. The average Bonchev–Trinajstić information content (AvgIpc) is 2.90. The average molecular weight is 373 g/mol. The molecule has 8 heteroatoms. The molecule has 0 radical (unpaired) electrons. The van der Waals surface area contributed by atoms with Crippen molar-refractivity contribution in [1.82, 2.24) is 4.57 Å². The van der Waals surface area contributed by atoms with Gasteiger partial charge in [-0.1, -0.05) is 24.3 Å². The monoisotopic (exact) mass is 373 g/mol. The van der Waals surface area contributed by atoms with Crippen LogP contribution in [-0.4, -0.2) is 21.2 Å². The first kappa shape index (κ1) is 17.4. The molecular formula is C17H15N3O3S2. The molecule has 0 saturated carbocycles. The second kappa shape index (κ2) is 7.20. The zero-order valence-corrected chi connectivity index (χ0v) is 15.3. The number of nitro groups is 1. The van der Waals surface area contributed by atoms with E-state index < -0.39 is 4.92 Å². The summed E-state index contributed by atoms with van der Waals surface area (Å²) in [4.78, 5) is 28.7. The molecule has 0 aliphatic heterocycles.